The van der Waals surface area contributed by atoms with Gasteiger partial charge in [-0.3, -0.25) is 9.59 Å². The molecule has 6 heteroatoms. The first-order chi connectivity index (χ1) is 9.66. The Morgan fingerprint density at radius 1 is 1.15 bits per heavy atom. The highest BCUT2D eigenvalue weighted by atomic mass is 16.3. The number of hydrogen-bond donors (Lipinski definition) is 2. The van der Waals surface area contributed by atoms with Gasteiger partial charge in [0.2, 0.25) is 5.91 Å². The lowest BCUT2D eigenvalue weighted by atomic mass is 10.1. The highest BCUT2D eigenvalue weighted by molar-refractivity contribution is 5.94. The third-order valence-corrected chi connectivity index (χ3v) is 2.65. The minimum absolute atomic E-state index is 0.115. The topological polar surface area (TPSA) is 84.2 Å². The highest BCUT2D eigenvalue weighted by Crippen LogP contribution is 2.18. The van der Waals surface area contributed by atoms with E-state index >= 15 is 0 Å². The first-order valence-electron chi connectivity index (χ1n) is 6.18. The van der Waals surface area contributed by atoms with E-state index in [0.29, 0.717) is 24.4 Å². The van der Waals surface area contributed by atoms with Crippen LogP contribution in [0.3, 0.4) is 0 Å². The molecular formula is C14H15N3O3. The van der Waals surface area contributed by atoms with Crippen LogP contribution in [0.4, 0.5) is 0 Å². The van der Waals surface area contributed by atoms with Gasteiger partial charge in [0.05, 0.1) is 6.20 Å². The normalized spacial score (nSPS) is 10.1. The number of aromatic nitrogens is 1. The first-order valence-corrected chi connectivity index (χ1v) is 6.18. The molecule has 2 N–H and O–H groups in total. The zero-order valence-corrected chi connectivity index (χ0v) is 11.1. The van der Waals surface area contributed by atoms with Crippen molar-refractivity contribution in [2.75, 3.05) is 13.1 Å². The van der Waals surface area contributed by atoms with E-state index in [1.54, 1.807) is 30.5 Å². The van der Waals surface area contributed by atoms with Gasteiger partial charge in [-0.05, 0) is 12.1 Å². The molecule has 0 bridgehead atoms. The van der Waals surface area contributed by atoms with Gasteiger partial charge in [-0.2, -0.15) is 0 Å². The zero-order chi connectivity index (χ0) is 14.4. The monoisotopic (exact) mass is 273 g/mol. The number of rotatable bonds is 5. The maximum absolute atomic E-state index is 11.8. The van der Waals surface area contributed by atoms with E-state index < -0.39 is 0 Å². The molecule has 2 aromatic rings. The fraction of sp³-hybridized carbons (Fsp3) is 0.214. The zero-order valence-electron chi connectivity index (χ0n) is 11.1. The molecule has 0 fully saturated rings. The summed E-state index contributed by atoms with van der Waals surface area (Å²) in [6.07, 6.45) is 2.97. The number of nitrogens with one attached hydrogen (secondary N) is 2. The Bertz CT molecular complexity index is 576. The second-order valence-electron chi connectivity index (χ2n) is 4.18. The van der Waals surface area contributed by atoms with Crippen molar-refractivity contribution >= 4 is 11.8 Å². The van der Waals surface area contributed by atoms with Gasteiger partial charge in [0, 0.05) is 31.1 Å². The summed E-state index contributed by atoms with van der Waals surface area (Å²) in [5.74, 6) is 0.359. The summed E-state index contributed by atoms with van der Waals surface area (Å²) >= 11 is 0. The molecule has 0 saturated heterocycles. The standard InChI is InChI=1S/C14H15N3O3/c1-10(18)16-6-7-17-14(19)12-4-2-11(3-5-12)13-8-15-9-20-13/h2-5,8-9H,6-7H2,1H3,(H,16,18)(H,17,19). The smallest absolute Gasteiger partial charge is 0.251 e. The lowest BCUT2D eigenvalue weighted by Crippen LogP contribution is -2.33. The first kappa shape index (κ1) is 13.8. The van der Waals surface area contributed by atoms with E-state index in [9.17, 15) is 9.59 Å². The van der Waals surface area contributed by atoms with Crippen molar-refractivity contribution in [2.24, 2.45) is 0 Å². The molecular weight excluding hydrogens is 258 g/mol. The van der Waals surface area contributed by atoms with Gasteiger partial charge in [-0.25, -0.2) is 4.98 Å². The summed E-state index contributed by atoms with van der Waals surface area (Å²) in [5.41, 5.74) is 1.41. The number of carbonyl (C=O) groups excluding carboxylic acids is 2. The van der Waals surface area contributed by atoms with Gasteiger partial charge in [0.25, 0.3) is 5.91 Å². The summed E-state index contributed by atoms with van der Waals surface area (Å²) in [6.45, 7) is 2.24. The minimum Gasteiger partial charge on any atom is -0.444 e. The molecule has 0 unspecified atom stereocenters. The van der Waals surface area contributed by atoms with Crippen LogP contribution in [0.15, 0.2) is 41.3 Å². The van der Waals surface area contributed by atoms with Crippen molar-refractivity contribution in [3.63, 3.8) is 0 Å². The second kappa shape index (κ2) is 6.51. The van der Waals surface area contributed by atoms with Crippen LogP contribution in [0.1, 0.15) is 17.3 Å². The van der Waals surface area contributed by atoms with E-state index in [-0.39, 0.29) is 11.8 Å². The molecule has 1 heterocycles. The van der Waals surface area contributed by atoms with Crippen LogP contribution in [0, 0.1) is 0 Å². The molecule has 20 heavy (non-hydrogen) atoms. The molecule has 104 valence electrons. The van der Waals surface area contributed by atoms with Gasteiger partial charge in [-0.15, -0.1) is 0 Å². The molecule has 0 radical (unpaired) electrons. The van der Waals surface area contributed by atoms with Crippen LogP contribution in [-0.2, 0) is 4.79 Å². The fourth-order valence-corrected chi connectivity index (χ4v) is 1.66. The molecule has 0 saturated carbocycles. The molecule has 0 spiro atoms. The quantitative estimate of drug-likeness (QED) is 0.802. The van der Waals surface area contributed by atoms with Crippen LogP contribution in [0.25, 0.3) is 11.3 Å². The Kier molecular flexibility index (Phi) is 4.49. The Morgan fingerprint density at radius 2 is 1.85 bits per heavy atom. The summed E-state index contributed by atoms with van der Waals surface area (Å²) in [5, 5.41) is 5.33. The van der Waals surface area contributed by atoms with Crippen molar-refractivity contribution in [2.45, 2.75) is 6.92 Å². The summed E-state index contributed by atoms with van der Waals surface area (Å²) < 4.78 is 5.17. The number of benzene rings is 1. The van der Waals surface area contributed by atoms with Crippen molar-refractivity contribution in [3.8, 4) is 11.3 Å². The summed E-state index contributed by atoms with van der Waals surface area (Å²) in [7, 11) is 0. The van der Waals surface area contributed by atoms with Crippen LogP contribution in [-0.4, -0.2) is 29.9 Å². The van der Waals surface area contributed by atoms with E-state index in [2.05, 4.69) is 15.6 Å². The van der Waals surface area contributed by atoms with Gasteiger partial charge in [0.15, 0.2) is 12.2 Å². The number of carbonyl (C=O) groups is 2. The average molecular weight is 273 g/mol. The fourth-order valence-electron chi connectivity index (χ4n) is 1.66. The maximum Gasteiger partial charge on any atom is 0.251 e. The van der Waals surface area contributed by atoms with E-state index in [4.69, 9.17) is 4.42 Å². The van der Waals surface area contributed by atoms with Gasteiger partial charge in [0.1, 0.15) is 0 Å². The van der Waals surface area contributed by atoms with Crippen molar-refractivity contribution in [1.29, 1.82) is 0 Å². The van der Waals surface area contributed by atoms with Gasteiger partial charge in [-0.1, -0.05) is 12.1 Å². The SMILES string of the molecule is CC(=O)NCCNC(=O)c1ccc(-c2cnco2)cc1. The largest absolute Gasteiger partial charge is 0.444 e. The van der Waals surface area contributed by atoms with Crippen molar-refractivity contribution in [3.05, 3.63) is 42.4 Å². The van der Waals surface area contributed by atoms with Gasteiger partial charge < -0.3 is 15.1 Å². The molecule has 2 amide bonds. The van der Waals surface area contributed by atoms with Crippen LogP contribution < -0.4 is 10.6 Å². The molecule has 1 aromatic carbocycles. The number of oxazole rings is 1. The number of amides is 2. The van der Waals surface area contributed by atoms with E-state index in [1.165, 1.54) is 13.3 Å². The maximum atomic E-state index is 11.8. The summed E-state index contributed by atoms with van der Waals surface area (Å²) in [4.78, 5) is 26.3. The molecule has 2 rings (SSSR count). The molecule has 0 atom stereocenters. The Hall–Kier alpha value is -2.63. The van der Waals surface area contributed by atoms with Crippen molar-refractivity contribution in [1.82, 2.24) is 15.6 Å². The molecule has 0 aliphatic rings. The predicted octanol–water partition coefficient (Wildman–Crippen LogP) is 1.21. The molecule has 6 nitrogen and oxygen atoms in total. The molecule has 0 aliphatic heterocycles. The van der Waals surface area contributed by atoms with Crippen LogP contribution in [0.2, 0.25) is 0 Å². The Labute approximate surface area is 116 Å². The lowest BCUT2D eigenvalue weighted by Gasteiger charge is -2.06. The predicted molar refractivity (Wildman–Crippen MR) is 73.0 cm³/mol. The molecule has 1 aromatic heterocycles. The molecule has 0 aliphatic carbocycles. The van der Waals surface area contributed by atoms with Gasteiger partial charge >= 0.3 is 0 Å². The van der Waals surface area contributed by atoms with E-state index in [0.717, 1.165) is 5.56 Å². The minimum atomic E-state index is -0.181. The van der Waals surface area contributed by atoms with Crippen LogP contribution >= 0.6 is 0 Å². The number of hydrogen-bond acceptors (Lipinski definition) is 4. The van der Waals surface area contributed by atoms with E-state index in [1.807, 2.05) is 0 Å². The average Bonchev–Trinajstić information content (AvgIpc) is 2.97. The van der Waals surface area contributed by atoms with Crippen LogP contribution in [0.5, 0.6) is 0 Å². The second-order valence-corrected chi connectivity index (χ2v) is 4.18. The Balaban J connectivity index is 1.89. The third kappa shape index (κ3) is 3.68. The highest BCUT2D eigenvalue weighted by Gasteiger charge is 2.06. The third-order valence-electron chi connectivity index (χ3n) is 2.65. The lowest BCUT2D eigenvalue weighted by molar-refractivity contribution is -0.118. The number of nitrogens with zero attached hydrogens (tertiary/aromatic N) is 1. The summed E-state index contributed by atoms with van der Waals surface area (Å²) in [6, 6.07) is 7.02. The Morgan fingerprint density at radius 3 is 2.45 bits per heavy atom. The van der Waals surface area contributed by atoms with Crippen molar-refractivity contribution < 1.29 is 14.0 Å².